The minimum absolute atomic E-state index is 0.884. The van der Waals surface area contributed by atoms with Gasteiger partial charge in [0.25, 0.3) is 0 Å². The summed E-state index contributed by atoms with van der Waals surface area (Å²) < 4.78 is 0. The van der Waals surface area contributed by atoms with Crippen LogP contribution in [0.15, 0.2) is 0 Å². The molecule has 0 aromatic carbocycles. The maximum atomic E-state index is 3.64. The molecule has 0 saturated heterocycles. The van der Waals surface area contributed by atoms with E-state index in [4.69, 9.17) is 0 Å². The van der Waals surface area contributed by atoms with E-state index in [2.05, 4.69) is 19.2 Å². The lowest BCUT2D eigenvalue weighted by molar-refractivity contribution is 0.448. The van der Waals surface area contributed by atoms with Crippen LogP contribution in [-0.2, 0) is 0 Å². The van der Waals surface area contributed by atoms with Gasteiger partial charge in [-0.1, -0.05) is 78.1 Å². The Bertz CT molecular complexity index is 186. The highest BCUT2D eigenvalue weighted by atomic mass is 14.9. The van der Waals surface area contributed by atoms with E-state index in [9.17, 15) is 0 Å². The van der Waals surface area contributed by atoms with Crippen molar-refractivity contribution in [2.75, 3.05) is 6.54 Å². The summed E-state index contributed by atoms with van der Waals surface area (Å²) in [5, 5.41) is 3.64. The summed E-state index contributed by atoms with van der Waals surface area (Å²) in [4.78, 5) is 0. The van der Waals surface area contributed by atoms with E-state index >= 15 is 0 Å². The third-order valence-electron chi connectivity index (χ3n) is 4.38. The molecule has 1 heteroatoms. The van der Waals surface area contributed by atoms with Crippen LogP contribution in [0.3, 0.4) is 0 Å². The second-order valence-electron chi connectivity index (χ2n) is 6.76. The summed E-state index contributed by atoms with van der Waals surface area (Å²) in [5.41, 5.74) is 0. The van der Waals surface area contributed by atoms with Crippen LogP contribution in [0.25, 0.3) is 0 Å². The molecule has 0 amide bonds. The van der Waals surface area contributed by atoms with E-state index in [1.165, 1.54) is 90.0 Å². The molecular weight excluding hydrogens is 230 g/mol. The molecule has 114 valence electrons. The quantitative estimate of drug-likeness (QED) is 0.399. The highest BCUT2D eigenvalue weighted by Crippen LogP contribution is 2.19. The number of hydrogen-bond acceptors (Lipinski definition) is 1. The van der Waals surface area contributed by atoms with Gasteiger partial charge in [-0.05, 0) is 31.7 Å². The second kappa shape index (κ2) is 11.8. The number of rotatable bonds is 14. The fourth-order valence-electron chi connectivity index (χ4n) is 2.74. The van der Waals surface area contributed by atoms with Crippen LogP contribution in [0.1, 0.15) is 97.3 Å². The topological polar surface area (TPSA) is 12.0 Å². The fourth-order valence-corrected chi connectivity index (χ4v) is 2.74. The highest BCUT2D eigenvalue weighted by molar-refractivity contribution is 4.81. The van der Waals surface area contributed by atoms with Crippen molar-refractivity contribution in [3.63, 3.8) is 0 Å². The molecule has 1 rings (SSSR count). The van der Waals surface area contributed by atoms with Gasteiger partial charge in [0.05, 0.1) is 0 Å². The number of unbranched alkanes of at least 4 members (excludes halogenated alkanes) is 9. The summed E-state index contributed by atoms with van der Waals surface area (Å²) in [7, 11) is 0. The first kappa shape index (κ1) is 17.0. The average molecular weight is 268 g/mol. The molecule has 19 heavy (non-hydrogen) atoms. The van der Waals surface area contributed by atoms with Gasteiger partial charge in [0.1, 0.15) is 0 Å². The summed E-state index contributed by atoms with van der Waals surface area (Å²) >= 11 is 0. The Hall–Kier alpha value is -0.0400. The van der Waals surface area contributed by atoms with Crippen LogP contribution in [-0.4, -0.2) is 12.6 Å². The van der Waals surface area contributed by atoms with Crippen molar-refractivity contribution in [1.82, 2.24) is 5.32 Å². The van der Waals surface area contributed by atoms with Crippen LogP contribution < -0.4 is 5.32 Å². The monoisotopic (exact) mass is 267 g/mol. The molecule has 0 spiro atoms. The Balaban J connectivity index is 1.70. The third-order valence-corrected chi connectivity index (χ3v) is 4.38. The number of hydrogen-bond donors (Lipinski definition) is 1. The molecule has 1 aliphatic carbocycles. The molecular formula is C18H37N. The van der Waals surface area contributed by atoms with E-state index < -0.39 is 0 Å². The van der Waals surface area contributed by atoms with Gasteiger partial charge in [-0.2, -0.15) is 0 Å². The Labute approximate surface area is 121 Å². The minimum atomic E-state index is 0.884. The predicted molar refractivity (Wildman–Crippen MR) is 86.6 cm³/mol. The summed E-state index contributed by atoms with van der Waals surface area (Å²) in [6.07, 6.45) is 18.8. The van der Waals surface area contributed by atoms with Gasteiger partial charge >= 0.3 is 0 Å². The molecule has 1 nitrogen and oxygen atoms in total. The summed E-state index contributed by atoms with van der Waals surface area (Å²) in [6.45, 7) is 5.95. The second-order valence-corrected chi connectivity index (χ2v) is 6.76. The molecule has 1 aliphatic rings. The van der Waals surface area contributed by atoms with Gasteiger partial charge in [-0.15, -0.1) is 0 Å². The van der Waals surface area contributed by atoms with Gasteiger partial charge in [0, 0.05) is 6.04 Å². The fraction of sp³-hybridized carbons (Fsp3) is 1.00. The minimum Gasteiger partial charge on any atom is -0.314 e. The van der Waals surface area contributed by atoms with Crippen molar-refractivity contribution in [3.05, 3.63) is 0 Å². The molecule has 0 aromatic rings. The lowest BCUT2D eigenvalue weighted by atomic mass is 10.0. The SMILES string of the molecule is CCCCCCCCCCCCC(C)CNC1CC1. The van der Waals surface area contributed by atoms with Crippen molar-refractivity contribution in [1.29, 1.82) is 0 Å². The van der Waals surface area contributed by atoms with Gasteiger partial charge in [0.15, 0.2) is 0 Å². The zero-order chi connectivity index (χ0) is 13.8. The largest absolute Gasteiger partial charge is 0.314 e. The van der Waals surface area contributed by atoms with Gasteiger partial charge in [-0.3, -0.25) is 0 Å². The molecule has 1 unspecified atom stereocenters. The molecule has 1 fully saturated rings. The van der Waals surface area contributed by atoms with E-state index in [1.807, 2.05) is 0 Å². The van der Waals surface area contributed by atoms with Crippen molar-refractivity contribution in [2.45, 2.75) is 103 Å². The van der Waals surface area contributed by atoms with Crippen LogP contribution in [0.2, 0.25) is 0 Å². The predicted octanol–water partition coefficient (Wildman–Crippen LogP) is 5.69. The first-order valence-electron chi connectivity index (χ1n) is 9.06. The molecule has 0 radical (unpaired) electrons. The number of nitrogens with one attached hydrogen (secondary N) is 1. The van der Waals surface area contributed by atoms with E-state index in [1.54, 1.807) is 0 Å². The van der Waals surface area contributed by atoms with Gasteiger partial charge in [-0.25, -0.2) is 0 Å². The maximum Gasteiger partial charge on any atom is 0.00683 e. The Morgan fingerprint density at radius 3 is 1.89 bits per heavy atom. The smallest absolute Gasteiger partial charge is 0.00683 e. The first-order chi connectivity index (χ1) is 9.33. The average Bonchev–Trinajstić information content (AvgIpc) is 3.23. The van der Waals surface area contributed by atoms with Crippen LogP contribution >= 0.6 is 0 Å². The zero-order valence-corrected chi connectivity index (χ0v) is 13.6. The summed E-state index contributed by atoms with van der Waals surface area (Å²) in [5.74, 6) is 0.884. The molecule has 0 aromatic heterocycles. The van der Waals surface area contributed by atoms with Crippen LogP contribution in [0.4, 0.5) is 0 Å². The van der Waals surface area contributed by atoms with Crippen molar-refractivity contribution >= 4 is 0 Å². The lowest BCUT2D eigenvalue weighted by Gasteiger charge is -2.11. The molecule has 0 aliphatic heterocycles. The molecule has 1 saturated carbocycles. The van der Waals surface area contributed by atoms with Crippen molar-refractivity contribution in [3.8, 4) is 0 Å². The van der Waals surface area contributed by atoms with E-state index in [-0.39, 0.29) is 0 Å². The highest BCUT2D eigenvalue weighted by Gasteiger charge is 2.20. The van der Waals surface area contributed by atoms with Crippen LogP contribution in [0, 0.1) is 5.92 Å². The van der Waals surface area contributed by atoms with Gasteiger partial charge in [0.2, 0.25) is 0 Å². The molecule has 1 atom stereocenters. The van der Waals surface area contributed by atoms with E-state index in [0.717, 1.165) is 12.0 Å². The lowest BCUT2D eigenvalue weighted by Crippen LogP contribution is -2.23. The molecule has 1 N–H and O–H groups in total. The standard InChI is InChI=1S/C18H37N/c1-3-4-5-6-7-8-9-10-11-12-13-17(2)16-19-18-14-15-18/h17-19H,3-16H2,1-2H3. The Kier molecular flexibility index (Phi) is 10.5. The van der Waals surface area contributed by atoms with Gasteiger partial charge < -0.3 is 5.32 Å². The Morgan fingerprint density at radius 1 is 0.842 bits per heavy atom. The first-order valence-corrected chi connectivity index (χ1v) is 9.06. The third kappa shape index (κ3) is 11.5. The normalized spacial score (nSPS) is 16.7. The van der Waals surface area contributed by atoms with Crippen LogP contribution in [0.5, 0.6) is 0 Å². The Morgan fingerprint density at radius 2 is 1.37 bits per heavy atom. The van der Waals surface area contributed by atoms with Crippen molar-refractivity contribution < 1.29 is 0 Å². The zero-order valence-electron chi connectivity index (χ0n) is 13.6. The molecule has 0 bridgehead atoms. The summed E-state index contributed by atoms with van der Waals surface area (Å²) in [6, 6.07) is 0.884. The van der Waals surface area contributed by atoms with E-state index in [0.29, 0.717) is 0 Å². The molecule has 0 heterocycles. The maximum absolute atomic E-state index is 3.64. The van der Waals surface area contributed by atoms with Crippen molar-refractivity contribution in [2.24, 2.45) is 5.92 Å².